The van der Waals surface area contributed by atoms with E-state index in [1.54, 1.807) is 12.1 Å². The average Bonchev–Trinajstić information content (AvgIpc) is 3.51. The first-order valence-corrected chi connectivity index (χ1v) is 19.1. The Bertz CT molecular complexity index is 2410. The van der Waals surface area contributed by atoms with Gasteiger partial charge in [0.05, 0.1) is 11.0 Å². The summed E-state index contributed by atoms with van der Waals surface area (Å²) in [6, 6.07) is 32.5. The maximum atomic E-state index is 13.3. The lowest BCUT2D eigenvalue weighted by Crippen LogP contribution is -2.27. The molecule has 0 unspecified atom stereocenters. The van der Waals surface area contributed by atoms with E-state index in [1.807, 2.05) is 0 Å². The molecule has 0 bridgehead atoms. The molecule has 0 fully saturated rings. The fourth-order valence-electron chi connectivity index (χ4n) is 8.56. The number of rotatable bonds is 11. The molecule has 0 saturated carbocycles. The Morgan fingerprint density at radius 1 is 0.796 bits per heavy atom. The van der Waals surface area contributed by atoms with E-state index in [1.165, 1.54) is 67.6 Å². The van der Waals surface area contributed by atoms with Gasteiger partial charge in [0, 0.05) is 53.2 Å². The maximum absolute atomic E-state index is 13.3. The molecule has 2 heterocycles. The minimum atomic E-state index is -0.996. The monoisotopic (exact) mass is 716 g/mol. The van der Waals surface area contributed by atoms with Gasteiger partial charge in [-0.2, -0.15) is 4.58 Å². The molecule has 5 aromatic carbocycles. The minimum absolute atomic E-state index is 0.125. The number of benzene rings is 5. The number of carboxylic acid groups (broad SMARTS) is 1. The molecule has 54 heavy (non-hydrogen) atoms. The van der Waals surface area contributed by atoms with Crippen LogP contribution in [0.25, 0.3) is 21.5 Å². The van der Waals surface area contributed by atoms with Crippen molar-refractivity contribution in [1.29, 1.82) is 0 Å². The molecular weight excluding hydrogens is 667 g/mol. The highest BCUT2D eigenvalue weighted by Crippen LogP contribution is 2.51. The van der Waals surface area contributed by atoms with Crippen molar-refractivity contribution in [2.75, 3.05) is 23.8 Å². The van der Waals surface area contributed by atoms with Crippen molar-refractivity contribution in [3.8, 4) is 0 Å². The Kier molecular flexibility index (Phi) is 9.88. The molecule has 6 heteroatoms. The van der Waals surface area contributed by atoms with Crippen LogP contribution in [0.3, 0.4) is 0 Å². The summed E-state index contributed by atoms with van der Waals surface area (Å²) in [4.78, 5) is 27.1. The van der Waals surface area contributed by atoms with Gasteiger partial charge in [-0.1, -0.05) is 93.9 Å². The number of hydrogen-bond donors (Lipinski definition) is 2. The SMILES string of the molecule is CCCCN1C(=CC=C(C=CC2=[N+](C)c3ccc4ccccc4c3C2(C)C)CCC(=O)Nc2ccc(C(=O)O)cc2)C(C)(C)c2c1ccc1ccccc21. The fraction of sp³-hybridized carbons (Fsp3) is 0.271. The second-order valence-corrected chi connectivity index (χ2v) is 15.6. The Morgan fingerprint density at radius 2 is 1.44 bits per heavy atom. The molecule has 2 aliphatic rings. The molecule has 1 amide bonds. The zero-order chi connectivity index (χ0) is 38.2. The number of carbonyl (C=O) groups is 2. The van der Waals surface area contributed by atoms with Crippen molar-refractivity contribution >= 4 is 56.2 Å². The molecule has 0 saturated heterocycles. The van der Waals surface area contributed by atoms with Crippen molar-refractivity contribution < 1.29 is 19.3 Å². The van der Waals surface area contributed by atoms with Gasteiger partial charge < -0.3 is 15.3 Å². The second kappa shape index (κ2) is 14.6. The van der Waals surface area contributed by atoms with Crippen LogP contribution in [0.2, 0.25) is 0 Å². The zero-order valence-corrected chi connectivity index (χ0v) is 32.2. The van der Waals surface area contributed by atoms with Gasteiger partial charge in [0.15, 0.2) is 5.71 Å². The van der Waals surface area contributed by atoms with Crippen LogP contribution < -0.4 is 10.2 Å². The summed E-state index contributed by atoms with van der Waals surface area (Å²) >= 11 is 0. The number of anilines is 2. The summed E-state index contributed by atoms with van der Waals surface area (Å²) in [7, 11) is 2.14. The number of fused-ring (bicyclic) bond motifs is 6. The van der Waals surface area contributed by atoms with E-state index in [0.717, 1.165) is 25.0 Å². The van der Waals surface area contributed by atoms with Gasteiger partial charge in [0.25, 0.3) is 0 Å². The first kappa shape index (κ1) is 36.6. The van der Waals surface area contributed by atoms with Crippen molar-refractivity contribution in [3.05, 3.63) is 149 Å². The van der Waals surface area contributed by atoms with Crippen LogP contribution >= 0.6 is 0 Å². The summed E-state index contributed by atoms with van der Waals surface area (Å²) in [6.07, 6.45) is 11.9. The third kappa shape index (κ3) is 6.66. The molecule has 2 N–H and O–H groups in total. The number of allylic oxidation sites excluding steroid dienone is 6. The van der Waals surface area contributed by atoms with Gasteiger partial charge in [-0.25, -0.2) is 4.79 Å². The highest BCUT2D eigenvalue weighted by molar-refractivity contribution is 6.07. The number of nitrogens with zero attached hydrogens (tertiary/aromatic N) is 2. The summed E-state index contributed by atoms with van der Waals surface area (Å²) in [5.41, 5.74) is 8.94. The molecule has 6 nitrogen and oxygen atoms in total. The lowest BCUT2D eigenvalue weighted by molar-refractivity contribution is -0.401. The standard InChI is InChI=1S/C48H49N3O3/c1-7-8-31-51-40-27-23-34-14-10-12-16-38(34)45(40)48(4,5)42(51)29-18-32(19-30-43(52)49-36-24-20-35(21-25-36)46(53)54)17-28-41-47(2,3)44-37-15-11-9-13-33(37)22-26-39(44)50(41)6/h9-18,20-29H,7-8,19,30-31H2,1-6H3,(H-,49,52,53,54)/p+1. The molecule has 2 aliphatic heterocycles. The van der Waals surface area contributed by atoms with E-state index >= 15 is 0 Å². The van der Waals surface area contributed by atoms with E-state index in [2.05, 4.69) is 154 Å². The number of nitrogens with one attached hydrogen (secondary N) is 1. The quantitative estimate of drug-likeness (QED) is 0.105. The molecule has 0 aromatic heterocycles. The van der Waals surface area contributed by atoms with Gasteiger partial charge in [0.2, 0.25) is 11.6 Å². The van der Waals surface area contributed by atoms with E-state index < -0.39 is 5.97 Å². The van der Waals surface area contributed by atoms with Gasteiger partial charge in [0.1, 0.15) is 7.05 Å². The van der Waals surface area contributed by atoms with Crippen LogP contribution in [0.4, 0.5) is 17.1 Å². The summed E-state index contributed by atoms with van der Waals surface area (Å²) < 4.78 is 2.30. The normalized spacial score (nSPS) is 16.8. The average molecular weight is 717 g/mol. The van der Waals surface area contributed by atoms with Crippen LogP contribution in [0.5, 0.6) is 0 Å². The Labute approximate surface area is 318 Å². The first-order valence-electron chi connectivity index (χ1n) is 19.1. The molecule has 0 radical (unpaired) electrons. The highest BCUT2D eigenvalue weighted by Gasteiger charge is 2.44. The van der Waals surface area contributed by atoms with Crippen LogP contribution in [0.1, 0.15) is 81.8 Å². The number of hydrogen-bond acceptors (Lipinski definition) is 3. The van der Waals surface area contributed by atoms with Gasteiger partial charge in [-0.3, -0.25) is 4.79 Å². The third-order valence-electron chi connectivity index (χ3n) is 11.4. The smallest absolute Gasteiger partial charge is 0.335 e. The number of aromatic carboxylic acids is 1. The van der Waals surface area contributed by atoms with E-state index in [4.69, 9.17) is 0 Å². The van der Waals surface area contributed by atoms with Crippen molar-refractivity contribution in [2.24, 2.45) is 0 Å². The third-order valence-corrected chi connectivity index (χ3v) is 11.4. The Hall–Kier alpha value is -5.75. The topological polar surface area (TPSA) is 72.7 Å². The van der Waals surface area contributed by atoms with E-state index in [-0.39, 0.29) is 28.7 Å². The van der Waals surface area contributed by atoms with E-state index in [9.17, 15) is 14.7 Å². The molecule has 7 rings (SSSR count). The van der Waals surface area contributed by atoms with Crippen LogP contribution in [0, 0.1) is 0 Å². The lowest BCUT2D eigenvalue weighted by atomic mass is 9.79. The second-order valence-electron chi connectivity index (χ2n) is 15.6. The van der Waals surface area contributed by atoms with Crippen molar-refractivity contribution in [1.82, 2.24) is 0 Å². The number of unbranched alkanes of at least 4 members (excludes halogenated alkanes) is 1. The summed E-state index contributed by atoms with van der Waals surface area (Å²) in [5.74, 6) is -1.12. The predicted molar refractivity (Wildman–Crippen MR) is 224 cm³/mol. The first-order chi connectivity index (χ1) is 25.9. The lowest BCUT2D eigenvalue weighted by Gasteiger charge is -2.27. The molecular formula is C48H50N3O3+. The molecule has 0 spiro atoms. The highest BCUT2D eigenvalue weighted by atomic mass is 16.4. The van der Waals surface area contributed by atoms with E-state index in [0.29, 0.717) is 12.1 Å². The number of carbonyl (C=O) groups excluding carboxylic acids is 1. The van der Waals surface area contributed by atoms with Crippen LogP contribution in [-0.2, 0) is 15.6 Å². The predicted octanol–water partition coefficient (Wildman–Crippen LogP) is 11.1. The molecule has 0 atom stereocenters. The van der Waals surface area contributed by atoms with Gasteiger partial charge >= 0.3 is 5.97 Å². The molecule has 5 aromatic rings. The Balaban J connectivity index is 1.26. The van der Waals surface area contributed by atoms with Crippen LogP contribution in [0.15, 0.2) is 133 Å². The summed E-state index contributed by atoms with van der Waals surface area (Å²) in [5, 5.41) is 17.3. The van der Waals surface area contributed by atoms with Crippen molar-refractivity contribution in [3.63, 3.8) is 0 Å². The van der Waals surface area contributed by atoms with Crippen molar-refractivity contribution in [2.45, 2.75) is 71.1 Å². The number of carboxylic acids is 1. The summed E-state index contributed by atoms with van der Waals surface area (Å²) in [6.45, 7) is 12.4. The Morgan fingerprint density at radius 3 is 2.11 bits per heavy atom. The fourth-order valence-corrected chi connectivity index (χ4v) is 8.56. The molecule has 274 valence electrons. The largest absolute Gasteiger partial charge is 0.478 e. The zero-order valence-electron chi connectivity index (χ0n) is 32.2. The molecule has 0 aliphatic carbocycles. The minimum Gasteiger partial charge on any atom is -0.478 e. The number of amides is 1. The van der Waals surface area contributed by atoms with Crippen LogP contribution in [-0.4, -0.2) is 40.9 Å². The maximum Gasteiger partial charge on any atom is 0.335 e. The van der Waals surface area contributed by atoms with Gasteiger partial charge in [-0.05, 0) is 102 Å². The van der Waals surface area contributed by atoms with Gasteiger partial charge in [-0.15, -0.1) is 0 Å².